The van der Waals surface area contributed by atoms with Gasteiger partial charge >= 0.3 is 0 Å². The summed E-state index contributed by atoms with van der Waals surface area (Å²) in [4.78, 5) is 4.22. The molecule has 0 amide bonds. The van der Waals surface area contributed by atoms with Gasteiger partial charge in [0.2, 0.25) is 0 Å². The van der Waals surface area contributed by atoms with Crippen molar-refractivity contribution in [3.63, 3.8) is 0 Å². The summed E-state index contributed by atoms with van der Waals surface area (Å²) in [7, 11) is 3.52. The Hall–Kier alpha value is -3.13. The van der Waals surface area contributed by atoms with E-state index in [4.69, 9.17) is 0 Å². The SMILES string of the molecule is CNCc1ccc(F)c(-c2cc3c(-c4cnn(C)c4)n[nH]c3cn2)c1F. The summed E-state index contributed by atoms with van der Waals surface area (Å²) in [5.41, 5.74) is 2.60. The van der Waals surface area contributed by atoms with Crippen LogP contribution in [0.15, 0.2) is 36.8 Å². The summed E-state index contributed by atoms with van der Waals surface area (Å²) in [5, 5.41) is 14.9. The van der Waals surface area contributed by atoms with Gasteiger partial charge in [-0.05, 0) is 19.2 Å². The number of nitrogens with zero attached hydrogens (tertiary/aromatic N) is 4. The minimum absolute atomic E-state index is 0.141. The highest BCUT2D eigenvalue weighted by Gasteiger charge is 2.18. The van der Waals surface area contributed by atoms with Gasteiger partial charge in [-0.25, -0.2) is 8.78 Å². The number of hydrogen-bond acceptors (Lipinski definition) is 4. The number of halogens is 2. The van der Waals surface area contributed by atoms with Gasteiger partial charge in [0.15, 0.2) is 0 Å². The second-order valence-corrected chi connectivity index (χ2v) is 6.02. The van der Waals surface area contributed by atoms with Crippen molar-refractivity contribution in [3.05, 3.63) is 54.0 Å². The van der Waals surface area contributed by atoms with Crippen LogP contribution in [-0.4, -0.2) is 32.0 Å². The van der Waals surface area contributed by atoms with E-state index < -0.39 is 11.6 Å². The van der Waals surface area contributed by atoms with Crippen molar-refractivity contribution >= 4 is 10.9 Å². The number of nitrogens with one attached hydrogen (secondary N) is 2. The molecule has 0 saturated heterocycles. The molecule has 4 aromatic rings. The number of H-pyrrole nitrogens is 1. The van der Waals surface area contributed by atoms with Crippen LogP contribution in [0.3, 0.4) is 0 Å². The zero-order valence-corrected chi connectivity index (χ0v) is 14.2. The average Bonchev–Trinajstić information content (AvgIpc) is 3.23. The number of fused-ring (bicyclic) bond motifs is 1. The third-order valence-electron chi connectivity index (χ3n) is 4.22. The lowest BCUT2D eigenvalue weighted by atomic mass is 10.0. The highest BCUT2D eigenvalue weighted by atomic mass is 19.1. The maximum Gasteiger partial charge on any atom is 0.140 e. The summed E-state index contributed by atoms with van der Waals surface area (Å²) in [5.74, 6) is -1.27. The molecule has 0 radical (unpaired) electrons. The van der Waals surface area contributed by atoms with Gasteiger partial charge in [0.25, 0.3) is 0 Å². The first kappa shape index (κ1) is 16.3. The minimum Gasteiger partial charge on any atom is -0.316 e. The molecule has 3 heterocycles. The Kier molecular flexibility index (Phi) is 3.96. The quantitative estimate of drug-likeness (QED) is 0.591. The van der Waals surface area contributed by atoms with E-state index in [-0.39, 0.29) is 11.3 Å². The Balaban J connectivity index is 1.90. The molecular weight excluding hydrogens is 338 g/mol. The molecule has 8 heteroatoms. The Labute approximate surface area is 147 Å². The summed E-state index contributed by atoms with van der Waals surface area (Å²) in [6.07, 6.45) is 5.04. The van der Waals surface area contributed by atoms with Crippen LogP contribution in [0.1, 0.15) is 5.56 Å². The van der Waals surface area contributed by atoms with Crippen molar-refractivity contribution in [1.82, 2.24) is 30.3 Å². The molecule has 0 aliphatic heterocycles. The smallest absolute Gasteiger partial charge is 0.140 e. The molecule has 26 heavy (non-hydrogen) atoms. The van der Waals surface area contributed by atoms with E-state index in [1.165, 1.54) is 18.3 Å². The molecular formula is C18H16F2N6. The molecule has 2 N–H and O–H groups in total. The van der Waals surface area contributed by atoms with E-state index in [1.54, 1.807) is 24.0 Å². The molecule has 132 valence electrons. The van der Waals surface area contributed by atoms with Crippen molar-refractivity contribution in [1.29, 1.82) is 0 Å². The molecule has 0 bridgehead atoms. The van der Waals surface area contributed by atoms with E-state index in [9.17, 15) is 8.78 Å². The molecule has 4 rings (SSSR count). The number of aromatic nitrogens is 5. The molecule has 6 nitrogen and oxygen atoms in total. The monoisotopic (exact) mass is 354 g/mol. The maximum atomic E-state index is 14.8. The molecule has 1 aromatic carbocycles. The van der Waals surface area contributed by atoms with Crippen LogP contribution in [0.4, 0.5) is 8.78 Å². The van der Waals surface area contributed by atoms with Crippen molar-refractivity contribution < 1.29 is 8.78 Å². The van der Waals surface area contributed by atoms with Gasteiger partial charge in [-0.2, -0.15) is 10.2 Å². The fourth-order valence-corrected chi connectivity index (χ4v) is 2.97. The molecule has 0 unspecified atom stereocenters. The van der Waals surface area contributed by atoms with Crippen molar-refractivity contribution in [2.45, 2.75) is 6.54 Å². The Morgan fingerprint density at radius 1 is 1.23 bits per heavy atom. The first-order valence-electron chi connectivity index (χ1n) is 8.03. The summed E-state index contributed by atoms with van der Waals surface area (Å²) >= 11 is 0. The number of aromatic amines is 1. The largest absolute Gasteiger partial charge is 0.316 e. The molecule has 0 spiro atoms. The molecule has 3 aromatic heterocycles. The first-order chi connectivity index (χ1) is 12.6. The molecule has 0 aliphatic carbocycles. The lowest BCUT2D eigenvalue weighted by molar-refractivity contribution is 0.572. The van der Waals surface area contributed by atoms with Gasteiger partial charge in [-0.3, -0.25) is 14.8 Å². The zero-order valence-electron chi connectivity index (χ0n) is 14.2. The van der Waals surface area contributed by atoms with Gasteiger partial charge in [-0.15, -0.1) is 0 Å². The second-order valence-electron chi connectivity index (χ2n) is 6.02. The zero-order chi connectivity index (χ0) is 18.3. The van der Waals surface area contributed by atoms with Gasteiger partial charge in [0.05, 0.1) is 29.2 Å². The maximum absolute atomic E-state index is 14.8. The van der Waals surface area contributed by atoms with Crippen LogP contribution in [-0.2, 0) is 13.6 Å². The van der Waals surface area contributed by atoms with Gasteiger partial charge in [-0.1, -0.05) is 6.07 Å². The first-order valence-corrected chi connectivity index (χ1v) is 8.03. The Morgan fingerprint density at radius 3 is 2.81 bits per heavy atom. The van der Waals surface area contributed by atoms with Crippen molar-refractivity contribution in [2.24, 2.45) is 7.05 Å². The summed E-state index contributed by atoms with van der Waals surface area (Å²) < 4.78 is 30.8. The third kappa shape index (κ3) is 2.64. The Morgan fingerprint density at radius 2 is 2.08 bits per heavy atom. The van der Waals surface area contributed by atoms with E-state index in [0.717, 1.165) is 10.9 Å². The van der Waals surface area contributed by atoms with E-state index in [2.05, 4.69) is 25.6 Å². The molecule has 0 fully saturated rings. The van der Waals surface area contributed by atoms with Crippen LogP contribution >= 0.6 is 0 Å². The van der Waals surface area contributed by atoms with Crippen molar-refractivity contribution in [3.8, 4) is 22.5 Å². The van der Waals surface area contributed by atoms with Gasteiger partial charge in [0, 0.05) is 36.3 Å². The summed E-state index contributed by atoms with van der Waals surface area (Å²) in [6.45, 7) is 0.300. The molecule has 0 atom stereocenters. The number of benzene rings is 1. The van der Waals surface area contributed by atoms with Gasteiger partial charge < -0.3 is 5.32 Å². The molecule has 0 saturated carbocycles. The fraction of sp³-hybridized carbons (Fsp3) is 0.167. The summed E-state index contributed by atoms with van der Waals surface area (Å²) in [6, 6.07) is 4.34. The van der Waals surface area contributed by atoms with Crippen LogP contribution in [0, 0.1) is 11.6 Å². The van der Waals surface area contributed by atoms with Gasteiger partial charge in [0.1, 0.15) is 17.3 Å². The Bertz CT molecular complexity index is 1100. The van der Waals surface area contributed by atoms with Crippen LogP contribution in [0.5, 0.6) is 0 Å². The second kappa shape index (κ2) is 6.30. The number of aryl methyl sites for hydroxylation is 1. The minimum atomic E-state index is -0.652. The van der Waals surface area contributed by atoms with E-state index in [0.29, 0.717) is 23.3 Å². The van der Waals surface area contributed by atoms with E-state index >= 15 is 0 Å². The predicted molar refractivity (Wildman–Crippen MR) is 94.2 cm³/mol. The van der Waals surface area contributed by atoms with Crippen LogP contribution in [0.2, 0.25) is 0 Å². The third-order valence-corrected chi connectivity index (χ3v) is 4.22. The normalized spacial score (nSPS) is 11.4. The topological polar surface area (TPSA) is 71.4 Å². The number of hydrogen-bond donors (Lipinski definition) is 2. The fourth-order valence-electron chi connectivity index (χ4n) is 2.97. The number of rotatable bonds is 4. The number of pyridine rings is 1. The van der Waals surface area contributed by atoms with Crippen LogP contribution in [0.25, 0.3) is 33.4 Å². The highest BCUT2D eigenvalue weighted by Crippen LogP contribution is 2.32. The predicted octanol–water partition coefficient (Wildman–Crippen LogP) is 3.02. The van der Waals surface area contributed by atoms with E-state index in [1.807, 2.05) is 13.2 Å². The average molecular weight is 354 g/mol. The lowest BCUT2D eigenvalue weighted by Gasteiger charge is -2.09. The standard InChI is InChI=1S/C18H16F2N6/c1-21-6-10-3-4-13(19)16(17(10)20)14-5-12-15(8-22-14)24-25-18(12)11-7-23-26(2)9-11/h3-5,7-9,21H,6H2,1-2H3,(H,24,25). The lowest BCUT2D eigenvalue weighted by Crippen LogP contribution is -2.08. The highest BCUT2D eigenvalue weighted by molar-refractivity contribution is 5.94. The molecule has 0 aliphatic rings. The van der Waals surface area contributed by atoms with Crippen molar-refractivity contribution in [2.75, 3.05) is 7.05 Å². The van der Waals surface area contributed by atoms with Crippen LogP contribution < -0.4 is 5.32 Å².